The molecule has 1 N–H and O–H groups in total. The summed E-state index contributed by atoms with van der Waals surface area (Å²) in [5.41, 5.74) is 3.89. The van der Waals surface area contributed by atoms with Gasteiger partial charge in [0.15, 0.2) is 0 Å². The van der Waals surface area contributed by atoms with Gasteiger partial charge in [-0.1, -0.05) is 23.7 Å². The number of aryl methyl sites for hydroxylation is 2. The lowest BCUT2D eigenvalue weighted by atomic mass is 9.72. The highest BCUT2D eigenvalue weighted by atomic mass is 35.5. The van der Waals surface area contributed by atoms with Gasteiger partial charge in [-0.05, 0) is 37.6 Å². The molecule has 4 heteroatoms. The molecule has 2 heterocycles. The fourth-order valence-electron chi connectivity index (χ4n) is 3.04. The molecule has 1 aromatic carbocycles. The second-order valence-electron chi connectivity index (χ2n) is 5.66. The molecule has 2 aromatic rings. The fourth-order valence-corrected chi connectivity index (χ4v) is 3.23. The largest absolute Gasteiger partial charge is 0.315 e. The van der Waals surface area contributed by atoms with E-state index < -0.39 is 0 Å². The highest BCUT2D eigenvalue weighted by Gasteiger charge is 2.39. The topological polar surface area (TPSA) is 29.9 Å². The Labute approximate surface area is 124 Å². The average molecular weight is 290 g/mol. The highest BCUT2D eigenvalue weighted by molar-refractivity contribution is 6.30. The van der Waals surface area contributed by atoms with Crippen LogP contribution in [-0.4, -0.2) is 22.9 Å². The minimum absolute atomic E-state index is 0.157. The van der Waals surface area contributed by atoms with Gasteiger partial charge >= 0.3 is 0 Å². The molecular weight excluding hydrogens is 270 g/mol. The lowest BCUT2D eigenvalue weighted by molar-refractivity contribution is 0.269. The Hall–Kier alpha value is -1.32. The molecule has 20 heavy (non-hydrogen) atoms. The molecular formula is C16H20ClN3. The third kappa shape index (κ3) is 2.36. The first-order valence-corrected chi connectivity index (χ1v) is 7.51. The fraction of sp³-hybridized carbons (Fsp3) is 0.438. The van der Waals surface area contributed by atoms with E-state index in [9.17, 15) is 0 Å². The molecule has 1 aliphatic rings. The molecule has 1 aromatic heterocycles. The average Bonchev–Trinajstić information content (AvgIpc) is 2.74. The molecule has 1 aliphatic heterocycles. The van der Waals surface area contributed by atoms with E-state index >= 15 is 0 Å². The van der Waals surface area contributed by atoms with Crippen LogP contribution in [0, 0.1) is 6.92 Å². The summed E-state index contributed by atoms with van der Waals surface area (Å²) in [6.07, 6.45) is 1.01. The van der Waals surface area contributed by atoms with E-state index in [0.29, 0.717) is 0 Å². The Kier molecular flexibility index (Phi) is 3.57. The minimum atomic E-state index is 0.157. The van der Waals surface area contributed by atoms with Gasteiger partial charge in [-0.25, -0.2) is 0 Å². The molecule has 0 unspecified atom stereocenters. The van der Waals surface area contributed by atoms with E-state index in [1.54, 1.807) is 0 Å². The number of benzene rings is 1. The van der Waals surface area contributed by atoms with Gasteiger partial charge in [0.25, 0.3) is 0 Å². The van der Waals surface area contributed by atoms with Crippen LogP contribution in [-0.2, 0) is 18.4 Å². The van der Waals surface area contributed by atoms with Crippen molar-refractivity contribution >= 4 is 11.6 Å². The van der Waals surface area contributed by atoms with E-state index in [1.807, 2.05) is 12.1 Å². The number of hydrogen-bond acceptors (Lipinski definition) is 2. The van der Waals surface area contributed by atoms with Gasteiger partial charge < -0.3 is 5.32 Å². The smallest absolute Gasteiger partial charge is 0.0596 e. The summed E-state index contributed by atoms with van der Waals surface area (Å²) in [6.45, 7) is 7.12. The quantitative estimate of drug-likeness (QED) is 0.938. The maximum Gasteiger partial charge on any atom is 0.0596 e. The van der Waals surface area contributed by atoms with Gasteiger partial charge in [-0.2, -0.15) is 5.10 Å². The Morgan fingerprint density at radius 1 is 1.35 bits per heavy atom. The molecule has 1 saturated heterocycles. The van der Waals surface area contributed by atoms with Crippen LogP contribution >= 0.6 is 11.6 Å². The van der Waals surface area contributed by atoms with Gasteiger partial charge in [-0.15, -0.1) is 0 Å². The van der Waals surface area contributed by atoms with Crippen molar-refractivity contribution in [3.8, 4) is 0 Å². The number of nitrogens with zero attached hydrogens (tertiary/aromatic N) is 2. The predicted octanol–water partition coefficient (Wildman–Crippen LogP) is 2.95. The first-order chi connectivity index (χ1) is 9.63. The molecule has 0 radical (unpaired) electrons. The zero-order chi connectivity index (χ0) is 14.2. The highest BCUT2D eigenvalue weighted by Crippen LogP contribution is 2.34. The number of nitrogens with one attached hydrogen (secondary N) is 1. The SMILES string of the molecule is CCn1nc(C)cc1CC1(c2cccc(Cl)c2)CNC1. The van der Waals surface area contributed by atoms with Crippen LogP contribution in [0.5, 0.6) is 0 Å². The van der Waals surface area contributed by atoms with E-state index in [4.69, 9.17) is 11.6 Å². The summed E-state index contributed by atoms with van der Waals surface area (Å²) < 4.78 is 2.11. The number of halogens is 1. The zero-order valence-electron chi connectivity index (χ0n) is 12.0. The minimum Gasteiger partial charge on any atom is -0.315 e. The van der Waals surface area contributed by atoms with Crippen molar-refractivity contribution in [2.45, 2.75) is 32.2 Å². The van der Waals surface area contributed by atoms with E-state index in [-0.39, 0.29) is 5.41 Å². The maximum atomic E-state index is 6.16. The van der Waals surface area contributed by atoms with Crippen molar-refractivity contribution in [3.05, 3.63) is 52.3 Å². The third-order valence-electron chi connectivity index (χ3n) is 4.17. The standard InChI is InChI=1S/C16H20ClN3/c1-3-20-15(7-12(2)19-20)9-16(10-18-11-16)13-5-4-6-14(17)8-13/h4-8,18H,3,9-11H2,1-2H3. The summed E-state index contributed by atoms with van der Waals surface area (Å²) >= 11 is 6.16. The lowest BCUT2D eigenvalue weighted by Crippen LogP contribution is -2.58. The van der Waals surface area contributed by atoms with Crippen LogP contribution in [0.3, 0.4) is 0 Å². The van der Waals surface area contributed by atoms with E-state index in [2.05, 4.69) is 47.1 Å². The van der Waals surface area contributed by atoms with Crippen LogP contribution in [0.15, 0.2) is 30.3 Å². The molecule has 0 bridgehead atoms. The molecule has 0 amide bonds. The Morgan fingerprint density at radius 3 is 2.75 bits per heavy atom. The van der Waals surface area contributed by atoms with Crippen molar-refractivity contribution in [2.75, 3.05) is 13.1 Å². The predicted molar refractivity (Wildman–Crippen MR) is 82.3 cm³/mol. The third-order valence-corrected chi connectivity index (χ3v) is 4.40. The van der Waals surface area contributed by atoms with Crippen LogP contribution in [0.1, 0.15) is 23.9 Å². The summed E-state index contributed by atoms with van der Waals surface area (Å²) in [4.78, 5) is 0. The molecule has 0 saturated carbocycles. The number of hydrogen-bond donors (Lipinski definition) is 1. The van der Waals surface area contributed by atoms with Crippen molar-refractivity contribution < 1.29 is 0 Å². The van der Waals surface area contributed by atoms with Gasteiger partial charge in [0.05, 0.1) is 5.69 Å². The first-order valence-electron chi connectivity index (χ1n) is 7.13. The second kappa shape index (κ2) is 5.23. The van der Waals surface area contributed by atoms with Gasteiger partial charge in [-0.3, -0.25) is 4.68 Å². The molecule has 0 spiro atoms. The lowest BCUT2D eigenvalue weighted by Gasteiger charge is -2.43. The molecule has 0 aliphatic carbocycles. The molecule has 3 rings (SSSR count). The number of aromatic nitrogens is 2. The first kappa shape index (κ1) is 13.7. The van der Waals surface area contributed by atoms with Gasteiger partial charge in [0, 0.05) is 42.2 Å². The van der Waals surface area contributed by atoms with Crippen molar-refractivity contribution in [2.24, 2.45) is 0 Å². The summed E-state index contributed by atoms with van der Waals surface area (Å²) in [5, 5.41) is 8.78. The normalized spacial score (nSPS) is 16.9. The Morgan fingerprint density at radius 2 is 2.15 bits per heavy atom. The molecule has 106 valence electrons. The second-order valence-corrected chi connectivity index (χ2v) is 6.10. The summed E-state index contributed by atoms with van der Waals surface area (Å²) in [5.74, 6) is 0. The molecule has 3 nitrogen and oxygen atoms in total. The zero-order valence-corrected chi connectivity index (χ0v) is 12.7. The van der Waals surface area contributed by atoms with Gasteiger partial charge in [0.1, 0.15) is 0 Å². The van der Waals surface area contributed by atoms with Crippen molar-refractivity contribution in [1.82, 2.24) is 15.1 Å². The van der Waals surface area contributed by atoms with Crippen LogP contribution < -0.4 is 5.32 Å². The Bertz CT molecular complexity index is 614. The van der Waals surface area contributed by atoms with E-state index in [1.165, 1.54) is 11.3 Å². The van der Waals surface area contributed by atoms with Gasteiger partial charge in [0.2, 0.25) is 0 Å². The maximum absolute atomic E-state index is 6.16. The monoisotopic (exact) mass is 289 g/mol. The number of rotatable bonds is 4. The Balaban J connectivity index is 1.93. The molecule has 0 atom stereocenters. The van der Waals surface area contributed by atoms with Crippen molar-refractivity contribution in [3.63, 3.8) is 0 Å². The molecule has 1 fully saturated rings. The summed E-state index contributed by atoms with van der Waals surface area (Å²) in [6, 6.07) is 10.5. The van der Waals surface area contributed by atoms with E-state index in [0.717, 1.165) is 36.8 Å². The van der Waals surface area contributed by atoms with Crippen LogP contribution in [0.4, 0.5) is 0 Å². The van der Waals surface area contributed by atoms with Crippen LogP contribution in [0.2, 0.25) is 5.02 Å². The van der Waals surface area contributed by atoms with Crippen molar-refractivity contribution in [1.29, 1.82) is 0 Å². The summed E-state index contributed by atoms with van der Waals surface area (Å²) in [7, 11) is 0. The van der Waals surface area contributed by atoms with Crippen LogP contribution in [0.25, 0.3) is 0 Å².